The minimum atomic E-state index is -4.51. The maximum absolute atomic E-state index is 12.9. The number of carbonyl (C=O) groups is 1. The van der Waals surface area contributed by atoms with Crippen molar-refractivity contribution >= 4 is 5.91 Å². The summed E-state index contributed by atoms with van der Waals surface area (Å²) >= 11 is 0. The highest BCUT2D eigenvalue weighted by molar-refractivity contribution is 5.80. The van der Waals surface area contributed by atoms with Gasteiger partial charge in [-0.1, -0.05) is 12.1 Å². The van der Waals surface area contributed by atoms with Crippen molar-refractivity contribution in [2.24, 2.45) is 0 Å². The number of hydrogen-bond donors (Lipinski definition) is 2. The molecule has 1 fully saturated rings. The van der Waals surface area contributed by atoms with Crippen LogP contribution >= 0.6 is 0 Å². The summed E-state index contributed by atoms with van der Waals surface area (Å²) in [6, 6.07) is 5.09. The van der Waals surface area contributed by atoms with E-state index >= 15 is 0 Å². The summed E-state index contributed by atoms with van der Waals surface area (Å²) in [4.78, 5) is 11.9. The van der Waals surface area contributed by atoms with Crippen LogP contribution in [0.2, 0.25) is 0 Å². The van der Waals surface area contributed by atoms with Gasteiger partial charge in [0.25, 0.3) is 5.91 Å². The first-order valence-electron chi connectivity index (χ1n) is 7.22. The molecule has 7 heteroatoms. The van der Waals surface area contributed by atoms with E-state index in [-0.39, 0.29) is 11.8 Å². The van der Waals surface area contributed by atoms with Crippen LogP contribution in [0.25, 0.3) is 0 Å². The second-order valence-corrected chi connectivity index (χ2v) is 5.29. The highest BCUT2D eigenvalue weighted by atomic mass is 19.4. The van der Waals surface area contributed by atoms with Gasteiger partial charge in [0.05, 0.1) is 5.56 Å². The molecule has 122 valence electrons. The molecular formula is C15H19F3N2O2. The van der Waals surface area contributed by atoms with Crippen LogP contribution in [0.4, 0.5) is 13.2 Å². The number of hydrogen-bond acceptors (Lipinski definition) is 3. The van der Waals surface area contributed by atoms with E-state index in [9.17, 15) is 18.0 Å². The molecule has 1 aliphatic rings. The van der Waals surface area contributed by atoms with E-state index in [4.69, 9.17) is 4.74 Å². The van der Waals surface area contributed by atoms with Crippen molar-refractivity contribution in [2.45, 2.75) is 38.1 Å². The summed E-state index contributed by atoms with van der Waals surface area (Å²) in [6.07, 6.45) is -3.47. The van der Waals surface area contributed by atoms with Crippen LogP contribution < -0.4 is 15.4 Å². The third-order valence-electron chi connectivity index (χ3n) is 3.55. The number of amides is 1. The van der Waals surface area contributed by atoms with E-state index in [1.54, 1.807) is 0 Å². The summed E-state index contributed by atoms with van der Waals surface area (Å²) in [7, 11) is 0. The van der Waals surface area contributed by atoms with Crippen LogP contribution in [-0.2, 0) is 11.0 Å². The minimum Gasteiger partial charge on any atom is -0.480 e. The zero-order valence-electron chi connectivity index (χ0n) is 12.2. The van der Waals surface area contributed by atoms with Gasteiger partial charge in [0.1, 0.15) is 5.75 Å². The average Bonchev–Trinajstić information content (AvgIpc) is 2.97. The molecule has 0 radical (unpaired) electrons. The van der Waals surface area contributed by atoms with Crippen LogP contribution in [0.5, 0.6) is 5.75 Å². The lowest BCUT2D eigenvalue weighted by atomic mass is 10.2. The van der Waals surface area contributed by atoms with E-state index < -0.39 is 23.8 Å². The van der Waals surface area contributed by atoms with Gasteiger partial charge in [0.15, 0.2) is 6.10 Å². The molecule has 2 N–H and O–H groups in total. The molecule has 0 aromatic heterocycles. The quantitative estimate of drug-likeness (QED) is 0.877. The van der Waals surface area contributed by atoms with Gasteiger partial charge in [-0.25, -0.2) is 0 Å². The molecule has 1 aromatic carbocycles. The standard InChI is InChI=1S/C15H19F3N2O2/c1-10(14(21)20-9-11-5-4-8-19-11)22-13-7-3-2-6-12(13)15(16,17)18/h2-3,6-7,10-11,19H,4-5,8-9H2,1H3,(H,20,21). The second kappa shape index (κ2) is 7.00. The largest absolute Gasteiger partial charge is 0.480 e. The van der Waals surface area contributed by atoms with Crippen molar-refractivity contribution in [2.75, 3.05) is 13.1 Å². The predicted octanol–water partition coefficient (Wildman–Crippen LogP) is 2.34. The van der Waals surface area contributed by atoms with E-state index in [0.29, 0.717) is 6.54 Å². The van der Waals surface area contributed by atoms with E-state index in [1.165, 1.54) is 25.1 Å². The third-order valence-corrected chi connectivity index (χ3v) is 3.55. The maximum Gasteiger partial charge on any atom is 0.419 e. The first-order valence-corrected chi connectivity index (χ1v) is 7.22. The van der Waals surface area contributed by atoms with Crippen molar-refractivity contribution in [1.29, 1.82) is 0 Å². The lowest BCUT2D eigenvalue weighted by Gasteiger charge is -2.19. The molecule has 1 amide bonds. The number of carbonyl (C=O) groups excluding carboxylic acids is 1. The molecular weight excluding hydrogens is 297 g/mol. The second-order valence-electron chi connectivity index (χ2n) is 5.29. The normalized spacial score (nSPS) is 19.7. The van der Waals surface area contributed by atoms with Gasteiger partial charge < -0.3 is 15.4 Å². The van der Waals surface area contributed by atoms with Crippen LogP contribution in [0.1, 0.15) is 25.3 Å². The van der Waals surface area contributed by atoms with Crippen molar-refractivity contribution in [3.05, 3.63) is 29.8 Å². The molecule has 0 aliphatic carbocycles. The number of rotatable bonds is 5. The summed E-state index contributed by atoms with van der Waals surface area (Å²) in [6.45, 7) is 2.81. The van der Waals surface area contributed by atoms with Gasteiger partial charge in [-0.3, -0.25) is 4.79 Å². The summed E-state index contributed by atoms with van der Waals surface area (Å²) in [5.41, 5.74) is -0.882. The Labute approximate surface area is 127 Å². The number of alkyl halides is 3. The SMILES string of the molecule is CC(Oc1ccccc1C(F)(F)F)C(=O)NCC1CCCN1. The molecule has 4 nitrogen and oxygen atoms in total. The number of benzene rings is 1. The molecule has 2 unspecified atom stereocenters. The smallest absolute Gasteiger partial charge is 0.419 e. The van der Waals surface area contributed by atoms with E-state index in [2.05, 4.69) is 10.6 Å². The van der Waals surface area contributed by atoms with Gasteiger partial charge in [0, 0.05) is 12.6 Å². The fourth-order valence-corrected chi connectivity index (χ4v) is 2.35. The summed E-state index contributed by atoms with van der Waals surface area (Å²) in [5.74, 6) is -0.762. The van der Waals surface area contributed by atoms with Gasteiger partial charge >= 0.3 is 6.18 Å². The predicted molar refractivity (Wildman–Crippen MR) is 75.6 cm³/mol. The molecule has 0 saturated carbocycles. The highest BCUT2D eigenvalue weighted by Gasteiger charge is 2.34. The Hall–Kier alpha value is -1.76. The Morgan fingerprint density at radius 2 is 2.18 bits per heavy atom. The Morgan fingerprint density at radius 3 is 2.82 bits per heavy atom. The van der Waals surface area contributed by atoms with Gasteiger partial charge in [-0.15, -0.1) is 0 Å². The van der Waals surface area contributed by atoms with Crippen LogP contribution in [-0.4, -0.2) is 31.1 Å². The van der Waals surface area contributed by atoms with Crippen molar-refractivity contribution < 1.29 is 22.7 Å². The molecule has 22 heavy (non-hydrogen) atoms. The van der Waals surface area contributed by atoms with E-state index in [1.807, 2.05) is 0 Å². The zero-order valence-corrected chi connectivity index (χ0v) is 12.2. The number of halogens is 3. The first kappa shape index (κ1) is 16.6. The molecule has 1 aromatic rings. The Morgan fingerprint density at radius 1 is 1.45 bits per heavy atom. The lowest BCUT2D eigenvalue weighted by molar-refractivity contribution is -0.140. The van der Waals surface area contributed by atoms with Gasteiger partial charge in [-0.2, -0.15) is 13.2 Å². The van der Waals surface area contributed by atoms with Crippen LogP contribution in [0.15, 0.2) is 24.3 Å². The monoisotopic (exact) mass is 316 g/mol. The molecule has 2 atom stereocenters. The van der Waals surface area contributed by atoms with Crippen molar-refractivity contribution in [3.63, 3.8) is 0 Å². The van der Waals surface area contributed by atoms with Gasteiger partial charge in [0.2, 0.25) is 0 Å². The van der Waals surface area contributed by atoms with Crippen LogP contribution in [0, 0.1) is 0 Å². The molecule has 0 spiro atoms. The first-order chi connectivity index (χ1) is 10.4. The van der Waals surface area contributed by atoms with Crippen molar-refractivity contribution in [3.8, 4) is 5.75 Å². The molecule has 1 aliphatic heterocycles. The third kappa shape index (κ3) is 4.37. The Bertz CT molecular complexity index is 514. The molecule has 1 saturated heterocycles. The topological polar surface area (TPSA) is 50.4 Å². The lowest BCUT2D eigenvalue weighted by Crippen LogP contribution is -2.42. The Balaban J connectivity index is 1.93. The van der Waals surface area contributed by atoms with Crippen LogP contribution in [0.3, 0.4) is 0 Å². The fraction of sp³-hybridized carbons (Fsp3) is 0.533. The fourth-order valence-electron chi connectivity index (χ4n) is 2.35. The average molecular weight is 316 g/mol. The highest BCUT2D eigenvalue weighted by Crippen LogP contribution is 2.36. The Kier molecular flexibility index (Phi) is 5.28. The number of ether oxygens (including phenoxy) is 1. The zero-order chi connectivity index (χ0) is 16.2. The molecule has 0 bridgehead atoms. The molecule has 2 rings (SSSR count). The summed E-state index contributed by atoms with van der Waals surface area (Å²) < 4.78 is 43.8. The number of nitrogens with one attached hydrogen (secondary N) is 2. The molecule has 1 heterocycles. The van der Waals surface area contributed by atoms with E-state index in [0.717, 1.165) is 25.5 Å². The number of para-hydroxylation sites is 1. The summed E-state index contributed by atoms with van der Waals surface area (Å²) in [5, 5.41) is 5.92. The van der Waals surface area contributed by atoms with Crippen molar-refractivity contribution in [1.82, 2.24) is 10.6 Å². The maximum atomic E-state index is 12.9. The van der Waals surface area contributed by atoms with Gasteiger partial charge in [-0.05, 0) is 38.4 Å². The minimum absolute atomic E-state index is 0.221.